The molecule has 2 aromatic rings. The van der Waals surface area contributed by atoms with Gasteiger partial charge < -0.3 is 19.6 Å². The fourth-order valence-electron chi connectivity index (χ4n) is 3.37. The number of piperazine rings is 1. The standard InChI is InChI=1S/C20H29ClN6O.HI/c1-4-22-20(23-9-5-6-19-24-16(3)25-28-19)27-12-10-26(11-13-27)18-14-17(21)8-7-15(18)2;/h7-8,14H,4-6,9-13H2,1-3H3,(H,22,23);1H. The van der Waals surface area contributed by atoms with Crippen molar-refractivity contribution >= 4 is 47.2 Å². The van der Waals surface area contributed by atoms with Gasteiger partial charge in [0.25, 0.3) is 0 Å². The van der Waals surface area contributed by atoms with Gasteiger partial charge in [0.05, 0.1) is 0 Å². The lowest BCUT2D eigenvalue weighted by atomic mass is 10.1. The van der Waals surface area contributed by atoms with Crippen LogP contribution in [-0.2, 0) is 6.42 Å². The van der Waals surface area contributed by atoms with E-state index in [1.807, 2.05) is 13.0 Å². The lowest BCUT2D eigenvalue weighted by Crippen LogP contribution is -2.52. The second kappa shape index (κ2) is 11.6. The number of nitrogens with zero attached hydrogens (tertiary/aromatic N) is 5. The second-order valence-corrected chi connectivity index (χ2v) is 7.42. The second-order valence-electron chi connectivity index (χ2n) is 6.98. The molecule has 1 aromatic carbocycles. The number of aryl methyl sites for hydroxylation is 3. The number of hydrogen-bond acceptors (Lipinski definition) is 5. The summed E-state index contributed by atoms with van der Waals surface area (Å²) in [5, 5.41) is 8.02. The SMILES string of the molecule is CCNC(=NCCCc1nc(C)no1)N1CCN(c2cc(Cl)ccc2C)CC1.I. The molecular formula is C20H30ClIN6O. The van der Waals surface area contributed by atoms with Crippen LogP contribution in [0.2, 0.25) is 5.02 Å². The van der Waals surface area contributed by atoms with Gasteiger partial charge in [-0.3, -0.25) is 4.99 Å². The fourth-order valence-corrected chi connectivity index (χ4v) is 3.53. The normalized spacial score (nSPS) is 14.7. The van der Waals surface area contributed by atoms with Gasteiger partial charge in [-0.25, -0.2) is 0 Å². The predicted molar refractivity (Wildman–Crippen MR) is 129 cm³/mol. The number of aliphatic imine (C=N–C) groups is 1. The van der Waals surface area contributed by atoms with Gasteiger partial charge in [-0.05, 0) is 44.9 Å². The number of nitrogens with one attached hydrogen (secondary N) is 1. The van der Waals surface area contributed by atoms with E-state index in [1.165, 1.54) is 11.3 Å². The number of guanidine groups is 1. The van der Waals surface area contributed by atoms with Crippen LogP contribution in [0.3, 0.4) is 0 Å². The van der Waals surface area contributed by atoms with E-state index in [0.29, 0.717) is 11.7 Å². The van der Waals surface area contributed by atoms with Crippen LogP contribution in [0.25, 0.3) is 0 Å². The molecule has 29 heavy (non-hydrogen) atoms. The average molecular weight is 533 g/mol. The van der Waals surface area contributed by atoms with Gasteiger partial charge in [0.2, 0.25) is 5.89 Å². The summed E-state index contributed by atoms with van der Waals surface area (Å²) < 4.78 is 5.16. The Hall–Kier alpha value is -1.55. The topological polar surface area (TPSA) is 69.8 Å². The maximum atomic E-state index is 6.19. The summed E-state index contributed by atoms with van der Waals surface area (Å²) in [4.78, 5) is 13.8. The number of hydrogen-bond donors (Lipinski definition) is 1. The smallest absolute Gasteiger partial charge is 0.226 e. The molecule has 0 aliphatic carbocycles. The maximum absolute atomic E-state index is 6.19. The molecular weight excluding hydrogens is 503 g/mol. The number of anilines is 1. The quantitative estimate of drug-likeness (QED) is 0.265. The first-order valence-corrected chi connectivity index (χ1v) is 10.3. The van der Waals surface area contributed by atoms with Crippen molar-refractivity contribution in [2.24, 2.45) is 4.99 Å². The monoisotopic (exact) mass is 532 g/mol. The average Bonchev–Trinajstić information content (AvgIpc) is 3.11. The van der Waals surface area contributed by atoms with Crippen LogP contribution in [0.15, 0.2) is 27.7 Å². The molecule has 3 rings (SSSR count). The van der Waals surface area contributed by atoms with E-state index in [0.717, 1.165) is 63.1 Å². The summed E-state index contributed by atoms with van der Waals surface area (Å²) in [7, 11) is 0. The highest BCUT2D eigenvalue weighted by atomic mass is 127. The summed E-state index contributed by atoms with van der Waals surface area (Å²) in [6.07, 6.45) is 1.64. The van der Waals surface area contributed by atoms with Crippen molar-refractivity contribution in [2.75, 3.05) is 44.2 Å². The third-order valence-electron chi connectivity index (χ3n) is 4.81. The molecule has 2 heterocycles. The highest BCUT2D eigenvalue weighted by Gasteiger charge is 2.21. The highest BCUT2D eigenvalue weighted by molar-refractivity contribution is 14.0. The van der Waals surface area contributed by atoms with E-state index >= 15 is 0 Å². The molecule has 1 saturated heterocycles. The van der Waals surface area contributed by atoms with Crippen LogP contribution in [-0.4, -0.2) is 60.3 Å². The third-order valence-corrected chi connectivity index (χ3v) is 5.04. The summed E-state index contributed by atoms with van der Waals surface area (Å²) in [5.74, 6) is 2.34. The minimum absolute atomic E-state index is 0. The highest BCUT2D eigenvalue weighted by Crippen LogP contribution is 2.25. The van der Waals surface area contributed by atoms with E-state index in [1.54, 1.807) is 0 Å². The molecule has 0 saturated carbocycles. The zero-order valence-electron chi connectivity index (χ0n) is 17.3. The van der Waals surface area contributed by atoms with Crippen LogP contribution in [0.1, 0.15) is 30.6 Å². The first kappa shape index (κ1) is 23.7. The minimum atomic E-state index is 0. The number of aromatic nitrogens is 2. The molecule has 7 nitrogen and oxygen atoms in total. The Morgan fingerprint density at radius 2 is 2.00 bits per heavy atom. The zero-order valence-corrected chi connectivity index (χ0v) is 20.4. The largest absolute Gasteiger partial charge is 0.368 e. The van der Waals surface area contributed by atoms with Crippen molar-refractivity contribution in [1.82, 2.24) is 20.4 Å². The fraction of sp³-hybridized carbons (Fsp3) is 0.550. The molecule has 0 atom stereocenters. The molecule has 0 spiro atoms. The molecule has 1 N–H and O–H groups in total. The van der Waals surface area contributed by atoms with Gasteiger partial charge in [-0.1, -0.05) is 22.8 Å². The lowest BCUT2D eigenvalue weighted by Gasteiger charge is -2.38. The Morgan fingerprint density at radius 3 is 2.66 bits per heavy atom. The first-order chi connectivity index (χ1) is 13.6. The van der Waals surface area contributed by atoms with Crippen LogP contribution in [0.5, 0.6) is 0 Å². The van der Waals surface area contributed by atoms with Crippen molar-refractivity contribution in [3.63, 3.8) is 0 Å². The van der Waals surface area contributed by atoms with Gasteiger partial charge in [0.15, 0.2) is 11.8 Å². The van der Waals surface area contributed by atoms with Gasteiger partial charge in [0.1, 0.15) is 0 Å². The molecule has 1 aliphatic rings. The predicted octanol–water partition coefficient (Wildman–Crippen LogP) is 3.68. The summed E-state index contributed by atoms with van der Waals surface area (Å²) >= 11 is 6.19. The Morgan fingerprint density at radius 1 is 1.24 bits per heavy atom. The van der Waals surface area contributed by atoms with Crippen molar-refractivity contribution < 1.29 is 4.52 Å². The lowest BCUT2D eigenvalue weighted by molar-refractivity contribution is 0.368. The number of rotatable bonds is 6. The molecule has 1 aromatic heterocycles. The molecule has 160 valence electrons. The van der Waals surface area contributed by atoms with Crippen molar-refractivity contribution in [3.8, 4) is 0 Å². The molecule has 1 aliphatic heterocycles. The van der Waals surface area contributed by atoms with E-state index in [2.05, 4.69) is 51.2 Å². The summed E-state index contributed by atoms with van der Waals surface area (Å²) in [5.41, 5.74) is 2.48. The Balaban J connectivity index is 0.00000300. The van der Waals surface area contributed by atoms with Crippen LogP contribution < -0.4 is 10.2 Å². The van der Waals surface area contributed by atoms with E-state index < -0.39 is 0 Å². The van der Waals surface area contributed by atoms with Gasteiger partial charge in [0, 0.05) is 56.4 Å². The van der Waals surface area contributed by atoms with Crippen LogP contribution in [0.4, 0.5) is 5.69 Å². The minimum Gasteiger partial charge on any atom is -0.368 e. The van der Waals surface area contributed by atoms with Gasteiger partial charge >= 0.3 is 0 Å². The van der Waals surface area contributed by atoms with Crippen LogP contribution >= 0.6 is 35.6 Å². The van der Waals surface area contributed by atoms with Crippen molar-refractivity contribution in [1.29, 1.82) is 0 Å². The summed E-state index contributed by atoms with van der Waals surface area (Å²) in [6.45, 7) is 11.4. The molecule has 0 bridgehead atoms. The Kier molecular flexibility index (Phi) is 9.48. The van der Waals surface area contributed by atoms with E-state index in [4.69, 9.17) is 21.1 Å². The number of benzene rings is 1. The van der Waals surface area contributed by atoms with Gasteiger partial charge in [-0.2, -0.15) is 4.98 Å². The molecule has 0 unspecified atom stereocenters. The van der Waals surface area contributed by atoms with Crippen molar-refractivity contribution in [3.05, 3.63) is 40.5 Å². The van der Waals surface area contributed by atoms with E-state index in [9.17, 15) is 0 Å². The summed E-state index contributed by atoms with van der Waals surface area (Å²) in [6, 6.07) is 6.09. The van der Waals surface area contributed by atoms with Crippen molar-refractivity contribution in [2.45, 2.75) is 33.6 Å². The van der Waals surface area contributed by atoms with Crippen LogP contribution in [0, 0.1) is 13.8 Å². The first-order valence-electron chi connectivity index (χ1n) is 9.90. The molecule has 0 radical (unpaired) electrons. The molecule has 1 fully saturated rings. The molecule has 9 heteroatoms. The Bertz CT molecular complexity index is 804. The third kappa shape index (κ3) is 6.74. The molecule has 0 amide bonds. The zero-order chi connectivity index (χ0) is 19.9. The van der Waals surface area contributed by atoms with E-state index in [-0.39, 0.29) is 24.0 Å². The Labute approximate surface area is 194 Å². The number of halogens is 2. The van der Waals surface area contributed by atoms with Gasteiger partial charge in [-0.15, -0.1) is 24.0 Å². The maximum Gasteiger partial charge on any atom is 0.226 e.